The van der Waals surface area contributed by atoms with Gasteiger partial charge in [-0.2, -0.15) is 0 Å². The molecule has 2 rings (SSSR count). The SMILES string of the molecule is C[C@H](CCc1ccccc1)NC(=O)COc1ccc(Br)cc1C=O. The normalized spacial score (nSPS) is 11.6. The van der Waals surface area contributed by atoms with Gasteiger partial charge in [-0.05, 0) is 43.5 Å². The fourth-order valence-corrected chi connectivity index (χ4v) is 2.68. The fourth-order valence-electron chi connectivity index (χ4n) is 2.30. The van der Waals surface area contributed by atoms with E-state index in [-0.39, 0.29) is 18.6 Å². The number of halogens is 1. The summed E-state index contributed by atoms with van der Waals surface area (Å²) in [6.07, 6.45) is 2.47. The van der Waals surface area contributed by atoms with Crippen molar-refractivity contribution >= 4 is 28.1 Å². The zero-order valence-corrected chi connectivity index (χ0v) is 15.1. The summed E-state index contributed by atoms with van der Waals surface area (Å²) in [6.45, 7) is 1.86. The van der Waals surface area contributed by atoms with Gasteiger partial charge in [0.05, 0.1) is 5.56 Å². The maximum Gasteiger partial charge on any atom is 0.258 e. The number of amides is 1. The van der Waals surface area contributed by atoms with Gasteiger partial charge in [-0.3, -0.25) is 9.59 Å². The summed E-state index contributed by atoms with van der Waals surface area (Å²) in [4.78, 5) is 23.0. The Morgan fingerprint density at radius 3 is 2.71 bits per heavy atom. The maximum atomic E-state index is 12.0. The molecule has 4 nitrogen and oxygen atoms in total. The van der Waals surface area contributed by atoms with Crippen molar-refractivity contribution in [2.24, 2.45) is 0 Å². The van der Waals surface area contributed by atoms with Crippen molar-refractivity contribution in [1.82, 2.24) is 5.32 Å². The minimum absolute atomic E-state index is 0.0526. The van der Waals surface area contributed by atoms with Crippen molar-refractivity contribution in [3.8, 4) is 5.75 Å². The fraction of sp³-hybridized carbons (Fsp3) is 0.263. The molecule has 1 N–H and O–H groups in total. The summed E-state index contributed by atoms with van der Waals surface area (Å²) in [5.74, 6) is 0.204. The molecule has 126 valence electrons. The highest BCUT2D eigenvalue weighted by Gasteiger charge is 2.10. The molecule has 1 atom stereocenters. The van der Waals surface area contributed by atoms with E-state index in [1.54, 1.807) is 18.2 Å². The molecule has 0 saturated carbocycles. The zero-order valence-electron chi connectivity index (χ0n) is 13.5. The molecule has 24 heavy (non-hydrogen) atoms. The van der Waals surface area contributed by atoms with Crippen molar-refractivity contribution in [2.75, 3.05) is 6.61 Å². The number of carbonyl (C=O) groups is 2. The first-order chi connectivity index (χ1) is 11.6. The van der Waals surface area contributed by atoms with Gasteiger partial charge in [-0.25, -0.2) is 0 Å². The number of benzene rings is 2. The van der Waals surface area contributed by atoms with Gasteiger partial charge < -0.3 is 10.1 Å². The molecule has 1 amide bonds. The van der Waals surface area contributed by atoms with E-state index in [0.717, 1.165) is 17.3 Å². The predicted molar refractivity (Wildman–Crippen MR) is 97.4 cm³/mol. The molecule has 0 aliphatic rings. The van der Waals surface area contributed by atoms with Crippen molar-refractivity contribution in [3.63, 3.8) is 0 Å². The van der Waals surface area contributed by atoms with Crippen LogP contribution in [-0.2, 0) is 11.2 Å². The molecular weight excluding hydrogens is 370 g/mol. The van der Waals surface area contributed by atoms with E-state index in [4.69, 9.17) is 4.74 Å². The van der Waals surface area contributed by atoms with Crippen LogP contribution in [0.1, 0.15) is 29.3 Å². The second kappa shape index (κ2) is 9.23. The largest absolute Gasteiger partial charge is 0.483 e. The number of hydrogen-bond acceptors (Lipinski definition) is 3. The van der Waals surface area contributed by atoms with Crippen molar-refractivity contribution in [3.05, 3.63) is 64.1 Å². The van der Waals surface area contributed by atoms with E-state index in [1.807, 2.05) is 25.1 Å². The lowest BCUT2D eigenvalue weighted by atomic mass is 10.1. The zero-order chi connectivity index (χ0) is 17.4. The van der Waals surface area contributed by atoms with Gasteiger partial charge in [-0.1, -0.05) is 46.3 Å². The second-order valence-corrected chi connectivity index (χ2v) is 6.50. The van der Waals surface area contributed by atoms with Gasteiger partial charge in [-0.15, -0.1) is 0 Å². The minimum Gasteiger partial charge on any atom is -0.483 e. The van der Waals surface area contributed by atoms with Crippen molar-refractivity contribution in [1.29, 1.82) is 0 Å². The molecule has 0 saturated heterocycles. The monoisotopic (exact) mass is 389 g/mol. The van der Waals surface area contributed by atoms with Gasteiger partial charge in [0.15, 0.2) is 12.9 Å². The molecular formula is C19H20BrNO3. The lowest BCUT2D eigenvalue weighted by Crippen LogP contribution is -2.36. The van der Waals surface area contributed by atoms with Gasteiger partial charge in [0.25, 0.3) is 5.91 Å². The van der Waals surface area contributed by atoms with Gasteiger partial charge in [0.1, 0.15) is 5.75 Å². The van der Waals surface area contributed by atoms with Crippen LogP contribution in [0.3, 0.4) is 0 Å². The Kier molecular flexibility index (Phi) is 7.00. The Morgan fingerprint density at radius 1 is 1.25 bits per heavy atom. The van der Waals surface area contributed by atoms with E-state index in [1.165, 1.54) is 5.56 Å². The lowest BCUT2D eigenvalue weighted by Gasteiger charge is -2.15. The summed E-state index contributed by atoms with van der Waals surface area (Å²) in [7, 11) is 0. The molecule has 0 aliphatic carbocycles. The van der Waals surface area contributed by atoms with E-state index >= 15 is 0 Å². The quantitative estimate of drug-likeness (QED) is 0.698. The third kappa shape index (κ3) is 5.81. The molecule has 0 radical (unpaired) electrons. The number of ether oxygens (including phenoxy) is 1. The average molecular weight is 390 g/mol. The molecule has 0 unspecified atom stereocenters. The van der Waals surface area contributed by atoms with Crippen LogP contribution in [0, 0.1) is 0 Å². The standard InChI is InChI=1S/C19H20BrNO3/c1-14(7-8-15-5-3-2-4-6-15)21-19(23)13-24-18-10-9-17(20)11-16(18)12-22/h2-6,9-12,14H,7-8,13H2,1H3,(H,21,23)/t14-/m1/s1. The van der Waals surface area contributed by atoms with Gasteiger partial charge >= 0.3 is 0 Å². The lowest BCUT2D eigenvalue weighted by molar-refractivity contribution is -0.123. The van der Waals surface area contributed by atoms with Crippen LogP contribution in [0.2, 0.25) is 0 Å². The van der Waals surface area contributed by atoms with E-state index < -0.39 is 0 Å². The van der Waals surface area contributed by atoms with E-state index in [9.17, 15) is 9.59 Å². The number of aryl methyl sites for hydroxylation is 1. The highest BCUT2D eigenvalue weighted by Crippen LogP contribution is 2.21. The van der Waals surface area contributed by atoms with Gasteiger partial charge in [0.2, 0.25) is 0 Å². The van der Waals surface area contributed by atoms with Crippen LogP contribution in [0.4, 0.5) is 0 Å². The van der Waals surface area contributed by atoms with Crippen molar-refractivity contribution in [2.45, 2.75) is 25.8 Å². The summed E-state index contributed by atoms with van der Waals surface area (Å²) >= 11 is 3.29. The number of aldehydes is 1. The summed E-state index contributed by atoms with van der Waals surface area (Å²) in [6, 6.07) is 15.3. The first kappa shape index (κ1) is 18.2. The first-order valence-electron chi connectivity index (χ1n) is 7.79. The average Bonchev–Trinajstić information content (AvgIpc) is 2.59. The van der Waals surface area contributed by atoms with Crippen LogP contribution in [0.25, 0.3) is 0 Å². The first-order valence-corrected chi connectivity index (χ1v) is 8.58. The van der Waals surface area contributed by atoms with Crippen LogP contribution in [-0.4, -0.2) is 24.8 Å². The molecule has 2 aromatic rings. The smallest absolute Gasteiger partial charge is 0.258 e. The maximum absolute atomic E-state index is 12.0. The number of nitrogens with one attached hydrogen (secondary N) is 1. The molecule has 0 bridgehead atoms. The molecule has 5 heteroatoms. The number of rotatable bonds is 8. The number of carbonyl (C=O) groups excluding carboxylic acids is 2. The number of hydrogen-bond donors (Lipinski definition) is 1. The third-order valence-corrected chi connectivity index (χ3v) is 4.07. The summed E-state index contributed by atoms with van der Waals surface area (Å²) < 4.78 is 6.23. The highest BCUT2D eigenvalue weighted by atomic mass is 79.9. The molecule has 0 aliphatic heterocycles. The van der Waals surface area contributed by atoms with E-state index in [0.29, 0.717) is 17.6 Å². The highest BCUT2D eigenvalue weighted by molar-refractivity contribution is 9.10. The third-order valence-electron chi connectivity index (χ3n) is 3.57. The van der Waals surface area contributed by atoms with Gasteiger partial charge in [0, 0.05) is 10.5 Å². The van der Waals surface area contributed by atoms with Crippen molar-refractivity contribution < 1.29 is 14.3 Å². The Labute approximate surface area is 150 Å². The summed E-state index contributed by atoms with van der Waals surface area (Å²) in [5.41, 5.74) is 1.66. The molecule has 0 heterocycles. The minimum atomic E-state index is -0.199. The molecule has 2 aromatic carbocycles. The predicted octanol–water partition coefficient (Wildman–Crippen LogP) is 3.78. The Morgan fingerprint density at radius 2 is 2.00 bits per heavy atom. The van der Waals surface area contributed by atoms with Crippen LogP contribution < -0.4 is 10.1 Å². The van der Waals surface area contributed by atoms with Crippen LogP contribution >= 0.6 is 15.9 Å². The second-order valence-electron chi connectivity index (χ2n) is 5.58. The Bertz CT molecular complexity index is 688. The molecule has 0 fully saturated rings. The van der Waals surface area contributed by atoms with E-state index in [2.05, 4.69) is 33.4 Å². The molecule has 0 aromatic heterocycles. The van der Waals surface area contributed by atoms with Crippen LogP contribution in [0.5, 0.6) is 5.75 Å². The Hall–Kier alpha value is -2.14. The van der Waals surface area contributed by atoms with Crippen LogP contribution in [0.15, 0.2) is 53.0 Å². The molecule has 0 spiro atoms. The topological polar surface area (TPSA) is 55.4 Å². The summed E-state index contributed by atoms with van der Waals surface area (Å²) in [5, 5.41) is 2.91. The Balaban J connectivity index is 1.77.